The van der Waals surface area contributed by atoms with Crippen LogP contribution in [0.25, 0.3) is 42.8 Å². The topological polar surface area (TPSA) is 78.7 Å². The molecule has 0 unspecified atom stereocenters. The predicted octanol–water partition coefficient (Wildman–Crippen LogP) is 8.87. The summed E-state index contributed by atoms with van der Waals surface area (Å²) in [5.41, 5.74) is 7.21. The van der Waals surface area contributed by atoms with Crippen LogP contribution >= 0.6 is 22.9 Å². The molecule has 2 aromatic heterocycles. The van der Waals surface area contributed by atoms with Crippen molar-refractivity contribution >= 4 is 50.0 Å². The van der Waals surface area contributed by atoms with Crippen molar-refractivity contribution in [3.8, 4) is 21.7 Å². The number of hydrogen-bond acceptors (Lipinski definition) is 8. The lowest BCUT2D eigenvalue weighted by Crippen LogP contribution is -2.41. The highest BCUT2D eigenvalue weighted by Gasteiger charge is 2.34. The molecule has 5 aromatic rings. The van der Waals surface area contributed by atoms with Crippen LogP contribution in [0.1, 0.15) is 75.8 Å². The van der Waals surface area contributed by atoms with Gasteiger partial charge in [-0.05, 0) is 114 Å². The quantitative estimate of drug-likeness (QED) is 0.150. The Labute approximate surface area is 297 Å². The SMILES string of the molecule is CCOC(=O)[C@@H](OC(C)(C)C)c1c(C)cc2nc(-c3ccc4c(c3)c(C3CCN([C@@H]5CCOC5)CC3)nn4C)sc2c1-c1ccc(Cl)cc1. The summed E-state index contributed by atoms with van der Waals surface area (Å²) in [5, 5.41) is 7.82. The summed E-state index contributed by atoms with van der Waals surface area (Å²) >= 11 is 7.98. The second kappa shape index (κ2) is 13.8. The smallest absolute Gasteiger partial charge is 0.339 e. The average molecular weight is 701 g/mol. The van der Waals surface area contributed by atoms with Gasteiger partial charge in [-0.3, -0.25) is 9.58 Å². The fourth-order valence-corrected chi connectivity index (χ4v) is 8.69. The Morgan fingerprint density at radius 1 is 1.08 bits per heavy atom. The fraction of sp³-hybridized carbons (Fsp3) is 0.462. The molecule has 0 aliphatic carbocycles. The van der Waals surface area contributed by atoms with Crippen LogP contribution in [0.5, 0.6) is 0 Å². The maximum atomic E-state index is 13.6. The highest BCUT2D eigenvalue weighted by molar-refractivity contribution is 7.22. The van der Waals surface area contributed by atoms with Crippen LogP contribution in [0.15, 0.2) is 48.5 Å². The van der Waals surface area contributed by atoms with E-state index in [2.05, 4.69) is 29.2 Å². The van der Waals surface area contributed by atoms with Gasteiger partial charge in [-0.25, -0.2) is 9.78 Å². The number of hydrogen-bond donors (Lipinski definition) is 0. The van der Waals surface area contributed by atoms with Crippen molar-refractivity contribution in [1.29, 1.82) is 0 Å². The number of aromatic nitrogens is 3. The number of ether oxygens (including phenoxy) is 3. The van der Waals surface area contributed by atoms with Gasteiger partial charge in [0.15, 0.2) is 6.10 Å². The molecule has 49 heavy (non-hydrogen) atoms. The lowest BCUT2D eigenvalue weighted by Gasteiger charge is -2.34. The summed E-state index contributed by atoms with van der Waals surface area (Å²) in [6.45, 7) is 13.9. The number of carbonyl (C=O) groups is 1. The maximum Gasteiger partial charge on any atom is 0.339 e. The van der Waals surface area contributed by atoms with E-state index in [0.717, 1.165) is 94.1 Å². The van der Waals surface area contributed by atoms with Gasteiger partial charge in [-0.1, -0.05) is 23.7 Å². The standard InChI is InChI=1S/C39H45ClN4O4S/c1-7-47-38(45)35(48-39(3,4)5)32-23(2)20-30-36(33(32)24-8-11-27(40)12-9-24)49-37(41-30)26-10-13-31-29(21-26)34(42-43(31)6)25-14-17-44(18-15-25)28-16-19-46-22-28/h8-13,20-21,25,28,35H,7,14-19,22H2,1-6H3/t28-,35+/m1/s1. The van der Waals surface area contributed by atoms with Crippen molar-refractivity contribution in [3.05, 3.63) is 70.4 Å². The van der Waals surface area contributed by atoms with Gasteiger partial charge in [-0.2, -0.15) is 5.10 Å². The van der Waals surface area contributed by atoms with Crippen LogP contribution in [0, 0.1) is 6.92 Å². The zero-order valence-corrected chi connectivity index (χ0v) is 30.8. The molecule has 2 saturated heterocycles. The molecule has 0 spiro atoms. The highest BCUT2D eigenvalue weighted by Crippen LogP contribution is 2.45. The van der Waals surface area contributed by atoms with Crippen LogP contribution in [0.2, 0.25) is 5.02 Å². The van der Waals surface area contributed by atoms with Gasteiger partial charge in [0.05, 0.1) is 40.2 Å². The molecule has 0 saturated carbocycles. The number of halogens is 1. The molecule has 258 valence electrons. The Balaban J connectivity index is 1.32. The summed E-state index contributed by atoms with van der Waals surface area (Å²) in [4.78, 5) is 21.4. The first-order chi connectivity index (χ1) is 23.5. The lowest BCUT2D eigenvalue weighted by molar-refractivity contribution is -0.166. The number of nitrogens with zero attached hydrogens (tertiary/aromatic N) is 4. The zero-order chi connectivity index (χ0) is 34.4. The Morgan fingerprint density at radius 2 is 1.82 bits per heavy atom. The number of likely N-dealkylation sites (tertiary alicyclic amines) is 1. The minimum Gasteiger partial charge on any atom is -0.464 e. The van der Waals surface area contributed by atoms with Crippen LogP contribution in [0.3, 0.4) is 0 Å². The van der Waals surface area contributed by atoms with E-state index < -0.39 is 17.7 Å². The van der Waals surface area contributed by atoms with Crippen molar-refractivity contribution in [2.45, 2.75) is 77.5 Å². The first kappa shape index (κ1) is 34.1. The molecule has 7 rings (SSSR count). The molecular formula is C39H45ClN4O4S. The van der Waals surface area contributed by atoms with Crippen molar-refractivity contribution in [3.63, 3.8) is 0 Å². The van der Waals surface area contributed by atoms with E-state index in [4.69, 9.17) is 35.9 Å². The van der Waals surface area contributed by atoms with Crippen LogP contribution in [-0.2, 0) is 26.1 Å². The van der Waals surface area contributed by atoms with Crippen molar-refractivity contribution in [1.82, 2.24) is 19.7 Å². The summed E-state index contributed by atoms with van der Waals surface area (Å²) in [6, 6.07) is 17.0. The van der Waals surface area contributed by atoms with Crippen LogP contribution in [0.4, 0.5) is 0 Å². The van der Waals surface area contributed by atoms with Gasteiger partial charge >= 0.3 is 5.97 Å². The number of carbonyl (C=O) groups excluding carboxylic acids is 1. The maximum absolute atomic E-state index is 13.6. The molecule has 2 atom stereocenters. The largest absolute Gasteiger partial charge is 0.464 e. The summed E-state index contributed by atoms with van der Waals surface area (Å²) in [5.74, 6) is 0.00836. The Kier molecular flexibility index (Phi) is 9.58. The third-order valence-electron chi connectivity index (χ3n) is 9.76. The first-order valence-electron chi connectivity index (χ1n) is 17.3. The van der Waals surface area contributed by atoms with Crippen LogP contribution < -0.4 is 0 Å². The van der Waals surface area contributed by atoms with Gasteiger partial charge < -0.3 is 14.2 Å². The predicted molar refractivity (Wildman–Crippen MR) is 197 cm³/mol. The molecule has 0 amide bonds. The van der Waals surface area contributed by atoms with E-state index in [1.54, 1.807) is 11.3 Å². The molecule has 2 fully saturated rings. The van der Waals surface area contributed by atoms with Gasteiger partial charge in [-0.15, -0.1) is 11.3 Å². The number of esters is 1. The second-order valence-corrected chi connectivity index (χ2v) is 15.7. The van der Waals surface area contributed by atoms with Gasteiger partial charge in [0.25, 0.3) is 0 Å². The van der Waals surface area contributed by atoms with E-state index in [0.29, 0.717) is 17.0 Å². The van der Waals surface area contributed by atoms with Crippen LogP contribution in [-0.4, -0.2) is 70.2 Å². The normalized spacial score (nSPS) is 18.5. The number of thiazole rings is 1. The summed E-state index contributed by atoms with van der Waals surface area (Å²) in [7, 11) is 2.04. The highest BCUT2D eigenvalue weighted by atomic mass is 35.5. The Hall–Kier alpha value is -3.34. The molecular weight excluding hydrogens is 656 g/mol. The van der Waals surface area contributed by atoms with Crippen molar-refractivity contribution in [2.75, 3.05) is 32.9 Å². The van der Waals surface area contributed by atoms with Gasteiger partial charge in [0.1, 0.15) is 5.01 Å². The third-order valence-corrected chi connectivity index (χ3v) is 11.1. The molecule has 2 aliphatic heterocycles. The molecule has 0 radical (unpaired) electrons. The van der Waals surface area contributed by atoms with Gasteiger partial charge in [0.2, 0.25) is 0 Å². The number of aryl methyl sites for hydroxylation is 2. The number of benzene rings is 3. The third kappa shape index (κ3) is 6.88. The van der Waals surface area contributed by atoms with E-state index in [1.165, 1.54) is 11.1 Å². The Morgan fingerprint density at radius 3 is 2.49 bits per heavy atom. The molecule has 10 heteroatoms. The fourth-order valence-electron chi connectivity index (χ4n) is 7.45. The van der Waals surface area contributed by atoms with E-state index in [1.807, 2.05) is 70.6 Å². The minimum absolute atomic E-state index is 0.262. The molecule has 2 aliphatic rings. The molecule has 8 nitrogen and oxygen atoms in total. The minimum atomic E-state index is -0.914. The van der Waals surface area contributed by atoms with Crippen molar-refractivity contribution in [2.24, 2.45) is 7.05 Å². The number of rotatable bonds is 8. The monoisotopic (exact) mass is 700 g/mol. The Bertz CT molecular complexity index is 1980. The van der Waals surface area contributed by atoms with E-state index >= 15 is 0 Å². The molecule has 0 N–H and O–H groups in total. The number of fused-ring (bicyclic) bond motifs is 2. The van der Waals surface area contributed by atoms with Crippen molar-refractivity contribution < 1.29 is 19.0 Å². The molecule has 4 heterocycles. The molecule has 0 bridgehead atoms. The van der Waals surface area contributed by atoms with Gasteiger partial charge in [0, 0.05) is 52.7 Å². The van der Waals surface area contributed by atoms with E-state index in [-0.39, 0.29) is 6.61 Å². The lowest BCUT2D eigenvalue weighted by atomic mass is 9.90. The first-order valence-corrected chi connectivity index (χ1v) is 18.5. The number of piperidine rings is 1. The second-order valence-electron chi connectivity index (χ2n) is 14.3. The molecule has 3 aromatic carbocycles. The summed E-state index contributed by atoms with van der Waals surface area (Å²) < 4.78 is 20.7. The average Bonchev–Trinajstić information content (AvgIpc) is 3.83. The summed E-state index contributed by atoms with van der Waals surface area (Å²) in [6.07, 6.45) is 2.41. The zero-order valence-electron chi connectivity index (χ0n) is 29.2. The van der Waals surface area contributed by atoms with E-state index in [9.17, 15) is 4.79 Å².